The van der Waals surface area contributed by atoms with E-state index in [-0.39, 0.29) is 0 Å². The fourth-order valence-corrected chi connectivity index (χ4v) is 1.42. The molecule has 0 aromatic carbocycles. The third-order valence-corrected chi connectivity index (χ3v) is 2.24. The molecule has 0 heteroatoms. The minimum absolute atomic E-state index is 0.895. The molecular weight excluding hydrogens is 132 g/mol. The number of rotatable bonds is 7. The highest BCUT2D eigenvalue weighted by Gasteiger charge is 2.03. The van der Waals surface area contributed by atoms with Crippen molar-refractivity contribution in [1.29, 1.82) is 0 Å². The van der Waals surface area contributed by atoms with Crippen LogP contribution < -0.4 is 0 Å². The van der Waals surface area contributed by atoms with Crippen LogP contribution in [0.3, 0.4) is 0 Å². The van der Waals surface area contributed by atoms with Gasteiger partial charge in [0, 0.05) is 0 Å². The van der Waals surface area contributed by atoms with E-state index in [2.05, 4.69) is 27.2 Å². The molecule has 0 aromatic heterocycles. The van der Waals surface area contributed by atoms with Gasteiger partial charge in [0.2, 0.25) is 0 Å². The molecule has 1 radical (unpaired) electrons. The van der Waals surface area contributed by atoms with E-state index in [1.165, 1.54) is 38.5 Å². The van der Waals surface area contributed by atoms with Crippen molar-refractivity contribution in [2.45, 2.75) is 59.3 Å². The minimum Gasteiger partial charge on any atom is -0.0654 e. The molecule has 0 nitrogen and oxygen atoms in total. The zero-order valence-corrected chi connectivity index (χ0v) is 8.40. The van der Waals surface area contributed by atoms with Crippen LogP contribution in [0.2, 0.25) is 0 Å². The van der Waals surface area contributed by atoms with Crippen LogP contribution >= 0.6 is 0 Å². The van der Waals surface area contributed by atoms with Gasteiger partial charge in [0.25, 0.3) is 0 Å². The predicted molar refractivity (Wildman–Crippen MR) is 52.5 cm³/mol. The van der Waals surface area contributed by atoms with Gasteiger partial charge < -0.3 is 0 Å². The van der Waals surface area contributed by atoms with Gasteiger partial charge in [0.15, 0.2) is 0 Å². The number of hydrogen-bond donors (Lipinski definition) is 0. The zero-order chi connectivity index (χ0) is 8.53. The van der Waals surface area contributed by atoms with Crippen molar-refractivity contribution < 1.29 is 0 Å². The lowest BCUT2D eigenvalue weighted by Crippen LogP contribution is -1.98. The summed E-state index contributed by atoms with van der Waals surface area (Å²) in [5, 5.41) is 0. The molecule has 0 fully saturated rings. The Morgan fingerprint density at radius 2 is 1.82 bits per heavy atom. The first-order chi connectivity index (χ1) is 5.35. The fourth-order valence-electron chi connectivity index (χ4n) is 1.42. The Labute approximate surface area is 72.4 Å². The molecule has 0 aliphatic carbocycles. The summed E-state index contributed by atoms with van der Waals surface area (Å²) in [4.78, 5) is 0. The van der Waals surface area contributed by atoms with E-state index in [1.807, 2.05) is 0 Å². The van der Waals surface area contributed by atoms with Crippen LogP contribution in [0.15, 0.2) is 0 Å². The molecular formula is C11H23. The fraction of sp³-hybridized carbons (Fsp3) is 0.909. The third kappa shape index (κ3) is 6.40. The maximum Gasteiger partial charge on any atom is -0.0355 e. The highest BCUT2D eigenvalue weighted by molar-refractivity contribution is 4.74. The van der Waals surface area contributed by atoms with Crippen LogP contribution in [0, 0.1) is 12.3 Å². The van der Waals surface area contributed by atoms with E-state index in [1.54, 1.807) is 0 Å². The average molecular weight is 155 g/mol. The topological polar surface area (TPSA) is 0 Å². The van der Waals surface area contributed by atoms with E-state index < -0.39 is 0 Å². The normalized spacial score (nSPS) is 13.4. The molecule has 0 bridgehead atoms. The van der Waals surface area contributed by atoms with Crippen LogP contribution in [0.4, 0.5) is 0 Å². The molecule has 0 aliphatic heterocycles. The summed E-state index contributed by atoms with van der Waals surface area (Å²) in [6.45, 7) is 6.83. The van der Waals surface area contributed by atoms with Gasteiger partial charge in [0.05, 0.1) is 0 Å². The quantitative estimate of drug-likeness (QED) is 0.483. The summed E-state index contributed by atoms with van der Waals surface area (Å²) >= 11 is 0. The van der Waals surface area contributed by atoms with Crippen LogP contribution in [-0.4, -0.2) is 0 Å². The van der Waals surface area contributed by atoms with E-state index >= 15 is 0 Å². The monoisotopic (exact) mass is 155 g/mol. The maximum atomic E-state index is 2.52. The lowest BCUT2D eigenvalue weighted by molar-refractivity contribution is 0.503. The van der Waals surface area contributed by atoms with Crippen molar-refractivity contribution in [3.05, 3.63) is 6.42 Å². The summed E-state index contributed by atoms with van der Waals surface area (Å²) < 4.78 is 0. The molecule has 0 aromatic rings. The molecule has 67 valence electrons. The maximum absolute atomic E-state index is 2.52. The average Bonchev–Trinajstić information content (AvgIpc) is 2.03. The SMILES string of the molecule is CCCC[CH]C(CC)CCC. The first kappa shape index (κ1) is 11.0. The Kier molecular flexibility index (Phi) is 8.10. The first-order valence-corrected chi connectivity index (χ1v) is 5.18. The van der Waals surface area contributed by atoms with E-state index in [0.717, 1.165) is 5.92 Å². The van der Waals surface area contributed by atoms with Crippen molar-refractivity contribution in [3.8, 4) is 0 Å². The molecule has 11 heavy (non-hydrogen) atoms. The van der Waals surface area contributed by atoms with Gasteiger partial charge in [-0.1, -0.05) is 52.9 Å². The van der Waals surface area contributed by atoms with E-state index in [4.69, 9.17) is 0 Å². The van der Waals surface area contributed by atoms with Gasteiger partial charge in [-0.25, -0.2) is 0 Å². The van der Waals surface area contributed by atoms with Gasteiger partial charge in [-0.15, -0.1) is 0 Å². The zero-order valence-electron chi connectivity index (χ0n) is 8.40. The third-order valence-electron chi connectivity index (χ3n) is 2.24. The molecule has 1 atom stereocenters. The summed E-state index contributed by atoms with van der Waals surface area (Å²) in [5.41, 5.74) is 0. The Hall–Kier alpha value is 0. The lowest BCUT2D eigenvalue weighted by atomic mass is 9.94. The smallest absolute Gasteiger partial charge is 0.0355 e. The van der Waals surface area contributed by atoms with Gasteiger partial charge in [0.1, 0.15) is 0 Å². The first-order valence-electron chi connectivity index (χ1n) is 5.18. The Balaban J connectivity index is 3.20. The molecule has 0 N–H and O–H groups in total. The highest BCUT2D eigenvalue weighted by Crippen LogP contribution is 2.17. The number of hydrogen-bond acceptors (Lipinski definition) is 0. The minimum atomic E-state index is 0.895. The molecule has 1 unspecified atom stereocenters. The van der Waals surface area contributed by atoms with Crippen molar-refractivity contribution in [2.24, 2.45) is 5.92 Å². The molecule has 0 saturated heterocycles. The van der Waals surface area contributed by atoms with E-state index in [9.17, 15) is 0 Å². The highest BCUT2D eigenvalue weighted by atomic mass is 14.1. The Morgan fingerprint density at radius 3 is 2.27 bits per heavy atom. The molecule has 0 aliphatic rings. The van der Waals surface area contributed by atoms with Gasteiger partial charge in [-0.2, -0.15) is 0 Å². The van der Waals surface area contributed by atoms with Crippen LogP contribution in [0.25, 0.3) is 0 Å². The lowest BCUT2D eigenvalue weighted by Gasteiger charge is -2.11. The second-order valence-corrected chi connectivity index (χ2v) is 3.33. The van der Waals surface area contributed by atoms with Gasteiger partial charge >= 0.3 is 0 Å². The summed E-state index contributed by atoms with van der Waals surface area (Å²) in [7, 11) is 0. The predicted octanol–water partition coefficient (Wildman–Crippen LogP) is 4.21. The molecule has 0 saturated carbocycles. The molecule has 0 heterocycles. The number of unbranched alkanes of at least 4 members (excludes halogenated alkanes) is 2. The Bertz CT molecular complexity index is 66.4. The van der Waals surface area contributed by atoms with Crippen molar-refractivity contribution in [3.63, 3.8) is 0 Å². The molecule has 0 spiro atoms. The van der Waals surface area contributed by atoms with Crippen molar-refractivity contribution in [1.82, 2.24) is 0 Å². The molecule has 0 amide bonds. The van der Waals surface area contributed by atoms with Crippen LogP contribution in [0.5, 0.6) is 0 Å². The molecule has 0 rings (SSSR count). The van der Waals surface area contributed by atoms with Crippen molar-refractivity contribution in [2.75, 3.05) is 0 Å². The second kappa shape index (κ2) is 8.10. The summed E-state index contributed by atoms with van der Waals surface area (Å²) in [6, 6.07) is 0. The summed E-state index contributed by atoms with van der Waals surface area (Å²) in [6.07, 6.45) is 10.6. The van der Waals surface area contributed by atoms with Crippen LogP contribution in [0.1, 0.15) is 59.3 Å². The standard InChI is InChI=1S/C11H23/c1-4-7-8-10-11(6-3)9-5-2/h10-11H,4-9H2,1-3H3. The van der Waals surface area contributed by atoms with Gasteiger partial charge in [-0.3, -0.25) is 0 Å². The summed E-state index contributed by atoms with van der Waals surface area (Å²) in [5.74, 6) is 0.895. The van der Waals surface area contributed by atoms with Crippen LogP contribution in [-0.2, 0) is 0 Å². The van der Waals surface area contributed by atoms with Gasteiger partial charge in [-0.05, 0) is 18.8 Å². The second-order valence-electron chi connectivity index (χ2n) is 3.33. The largest absolute Gasteiger partial charge is 0.0654 e. The van der Waals surface area contributed by atoms with E-state index in [0.29, 0.717) is 0 Å². The van der Waals surface area contributed by atoms with Crippen molar-refractivity contribution >= 4 is 0 Å². The Morgan fingerprint density at radius 1 is 1.09 bits per heavy atom.